The zero-order valence-electron chi connectivity index (χ0n) is 12.0. The number of rotatable bonds is 8. The van der Waals surface area contributed by atoms with Crippen molar-refractivity contribution in [2.75, 3.05) is 17.8 Å². The number of carbonyl (C=O) groups is 1. The number of nitrogens with one attached hydrogen (secondary N) is 1. The highest BCUT2D eigenvalue weighted by atomic mass is 35.5. The minimum absolute atomic E-state index is 0.0137. The molecule has 1 aromatic rings. The van der Waals surface area contributed by atoms with Gasteiger partial charge in [-0.05, 0) is 31.0 Å². The maximum atomic E-state index is 12.3. The predicted octanol–water partition coefficient (Wildman–Crippen LogP) is 2.82. The van der Waals surface area contributed by atoms with Crippen molar-refractivity contribution < 1.29 is 18.3 Å². The Bertz CT molecular complexity index is 598. The van der Waals surface area contributed by atoms with Crippen molar-refractivity contribution in [3.63, 3.8) is 0 Å². The SMILES string of the molecule is CCCN(CCC)S(=O)(=O)Nc1ccc(C(=O)O)c(Cl)c1. The molecule has 21 heavy (non-hydrogen) atoms. The lowest BCUT2D eigenvalue weighted by molar-refractivity contribution is 0.0697. The molecule has 0 aliphatic carbocycles. The molecule has 0 atom stereocenters. The van der Waals surface area contributed by atoms with E-state index in [1.165, 1.54) is 22.5 Å². The van der Waals surface area contributed by atoms with Crippen LogP contribution in [-0.4, -0.2) is 36.9 Å². The van der Waals surface area contributed by atoms with E-state index in [-0.39, 0.29) is 16.3 Å². The minimum Gasteiger partial charge on any atom is -0.478 e. The van der Waals surface area contributed by atoms with E-state index in [1.807, 2.05) is 13.8 Å². The van der Waals surface area contributed by atoms with Crippen molar-refractivity contribution in [3.05, 3.63) is 28.8 Å². The molecule has 0 unspecified atom stereocenters. The number of benzene rings is 1. The summed E-state index contributed by atoms with van der Waals surface area (Å²) in [7, 11) is -3.67. The molecule has 1 aromatic carbocycles. The average Bonchev–Trinajstić information content (AvgIpc) is 2.37. The Hall–Kier alpha value is -1.31. The fraction of sp³-hybridized carbons (Fsp3) is 0.462. The van der Waals surface area contributed by atoms with Gasteiger partial charge in [0, 0.05) is 13.1 Å². The predicted molar refractivity (Wildman–Crippen MR) is 83.1 cm³/mol. The van der Waals surface area contributed by atoms with Gasteiger partial charge in [0.1, 0.15) is 0 Å². The van der Waals surface area contributed by atoms with Crippen molar-refractivity contribution in [1.29, 1.82) is 0 Å². The molecule has 0 aliphatic heterocycles. The van der Waals surface area contributed by atoms with Crippen molar-refractivity contribution in [2.24, 2.45) is 0 Å². The monoisotopic (exact) mass is 334 g/mol. The van der Waals surface area contributed by atoms with Crippen LogP contribution in [0.15, 0.2) is 18.2 Å². The minimum atomic E-state index is -3.67. The second-order valence-corrected chi connectivity index (χ2v) is 6.58. The van der Waals surface area contributed by atoms with Crippen molar-refractivity contribution in [3.8, 4) is 0 Å². The molecule has 118 valence electrons. The second-order valence-electron chi connectivity index (χ2n) is 4.51. The maximum Gasteiger partial charge on any atom is 0.337 e. The topological polar surface area (TPSA) is 86.7 Å². The summed E-state index contributed by atoms with van der Waals surface area (Å²) in [5.41, 5.74) is 0.167. The molecule has 0 heterocycles. The van der Waals surface area contributed by atoms with Gasteiger partial charge in [-0.1, -0.05) is 25.4 Å². The number of halogens is 1. The zero-order valence-corrected chi connectivity index (χ0v) is 13.5. The standard InChI is InChI=1S/C13H19ClN2O4S/c1-3-7-16(8-4-2)21(19,20)15-10-5-6-11(13(17)18)12(14)9-10/h5-6,9,15H,3-4,7-8H2,1-2H3,(H,17,18). The molecule has 0 saturated carbocycles. The van der Waals surface area contributed by atoms with Crippen molar-refractivity contribution in [1.82, 2.24) is 4.31 Å². The summed E-state index contributed by atoms with van der Waals surface area (Å²) < 4.78 is 28.3. The highest BCUT2D eigenvalue weighted by Gasteiger charge is 2.20. The van der Waals surface area contributed by atoms with Gasteiger partial charge in [-0.2, -0.15) is 12.7 Å². The maximum absolute atomic E-state index is 12.3. The molecular formula is C13H19ClN2O4S. The lowest BCUT2D eigenvalue weighted by Gasteiger charge is -2.21. The number of carboxylic acids is 1. The third-order valence-electron chi connectivity index (χ3n) is 2.73. The van der Waals surface area contributed by atoms with Crippen LogP contribution in [0.4, 0.5) is 5.69 Å². The average molecular weight is 335 g/mol. The van der Waals surface area contributed by atoms with Gasteiger partial charge in [0.25, 0.3) is 0 Å². The second kappa shape index (κ2) is 7.63. The fourth-order valence-corrected chi connectivity index (χ4v) is 3.48. The zero-order chi connectivity index (χ0) is 16.0. The van der Waals surface area contributed by atoms with E-state index in [1.54, 1.807) is 0 Å². The third-order valence-corrected chi connectivity index (χ3v) is 4.58. The molecule has 6 nitrogen and oxygen atoms in total. The largest absolute Gasteiger partial charge is 0.478 e. The van der Waals surface area contributed by atoms with Crippen LogP contribution in [0.2, 0.25) is 5.02 Å². The van der Waals surface area contributed by atoms with Gasteiger partial charge in [0.2, 0.25) is 0 Å². The van der Waals surface area contributed by atoms with Crippen LogP contribution in [0.3, 0.4) is 0 Å². The number of anilines is 1. The van der Waals surface area contributed by atoms with Gasteiger partial charge >= 0.3 is 16.2 Å². The van der Waals surface area contributed by atoms with Gasteiger partial charge in [0.15, 0.2) is 0 Å². The normalized spacial score (nSPS) is 11.6. The van der Waals surface area contributed by atoms with Crippen LogP contribution in [-0.2, 0) is 10.2 Å². The molecule has 8 heteroatoms. The van der Waals surface area contributed by atoms with E-state index in [2.05, 4.69) is 4.72 Å². The van der Waals surface area contributed by atoms with Gasteiger partial charge in [-0.25, -0.2) is 4.79 Å². The number of hydrogen-bond acceptors (Lipinski definition) is 3. The summed E-state index contributed by atoms with van der Waals surface area (Å²) in [6.07, 6.45) is 1.42. The van der Waals surface area contributed by atoms with Crippen LogP contribution < -0.4 is 4.72 Å². The Morgan fingerprint density at radius 2 is 1.86 bits per heavy atom. The van der Waals surface area contributed by atoms with E-state index in [0.29, 0.717) is 25.9 Å². The number of nitrogens with zero attached hydrogens (tertiary/aromatic N) is 1. The van der Waals surface area contributed by atoms with Crippen molar-refractivity contribution in [2.45, 2.75) is 26.7 Å². The van der Waals surface area contributed by atoms with Crippen LogP contribution in [0, 0.1) is 0 Å². The molecule has 0 aliphatic rings. The molecule has 0 amide bonds. The molecule has 0 bridgehead atoms. The Kier molecular flexibility index (Phi) is 6.44. The Balaban J connectivity index is 2.97. The van der Waals surface area contributed by atoms with Crippen molar-refractivity contribution >= 4 is 33.5 Å². The first kappa shape index (κ1) is 17.7. The summed E-state index contributed by atoms with van der Waals surface area (Å²) in [5, 5.41) is 8.87. The van der Waals surface area contributed by atoms with Gasteiger partial charge < -0.3 is 5.11 Å². The van der Waals surface area contributed by atoms with E-state index in [0.717, 1.165) is 0 Å². The molecule has 0 saturated heterocycles. The van der Waals surface area contributed by atoms with E-state index >= 15 is 0 Å². The number of carboxylic acid groups (broad SMARTS) is 1. The van der Waals surface area contributed by atoms with Crippen LogP contribution in [0.25, 0.3) is 0 Å². The number of hydrogen-bond donors (Lipinski definition) is 2. The van der Waals surface area contributed by atoms with Crippen LogP contribution in [0.5, 0.6) is 0 Å². The first-order valence-corrected chi connectivity index (χ1v) is 8.44. The molecule has 2 N–H and O–H groups in total. The highest BCUT2D eigenvalue weighted by molar-refractivity contribution is 7.90. The first-order chi connectivity index (χ1) is 9.81. The molecule has 0 spiro atoms. The smallest absolute Gasteiger partial charge is 0.337 e. The molecule has 1 rings (SSSR count). The summed E-state index contributed by atoms with van der Waals surface area (Å²) in [6.45, 7) is 4.64. The molecular weight excluding hydrogens is 316 g/mol. The van der Waals surface area contributed by atoms with Crippen LogP contribution >= 0.6 is 11.6 Å². The summed E-state index contributed by atoms with van der Waals surface area (Å²) in [5.74, 6) is -1.16. The van der Waals surface area contributed by atoms with E-state index in [9.17, 15) is 13.2 Å². The summed E-state index contributed by atoms with van der Waals surface area (Å²) >= 11 is 5.83. The third kappa shape index (κ3) is 4.87. The first-order valence-electron chi connectivity index (χ1n) is 6.62. The Labute approximate surface area is 129 Å². The highest BCUT2D eigenvalue weighted by Crippen LogP contribution is 2.22. The van der Waals surface area contributed by atoms with E-state index in [4.69, 9.17) is 16.7 Å². The molecule has 0 aromatic heterocycles. The van der Waals surface area contributed by atoms with E-state index < -0.39 is 16.2 Å². The Morgan fingerprint density at radius 1 is 1.29 bits per heavy atom. The lowest BCUT2D eigenvalue weighted by Crippen LogP contribution is -2.37. The van der Waals surface area contributed by atoms with Gasteiger partial charge in [-0.3, -0.25) is 4.72 Å². The van der Waals surface area contributed by atoms with Gasteiger partial charge in [0.05, 0.1) is 16.3 Å². The lowest BCUT2D eigenvalue weighted by atomic mass is 10.2. The summed E-state index contributed by atoms with van der Waals surface area (Å²) in [6, 6.07) is 3.94. The molecule has 0 fully saturated rings. The van der Waals surface area contributed by atoms with Crippen LogP contribution in [0.1, 0.15) is 37.0 Å². The number of aromatic carboxylic acids is 1. The quantitative estimate of drug-likeness (QED) is 0.765. The fourth-order valence-electron chi connectivity index (χ4n) is 1.82. The summed E-state index contributed by atoms with van der Waals surface area (Å²) in [4.78, 5) is 10.9. The van der Waals surface area contributed by atoms with Gasteiger partial charge in [-0.15, -0.1) is 0 Å². The Morgan fingerprint density at radius 3 is 2.29 bits per heavy atom. The molecule has 0 radical (unpaired) electrons.